The van der Waals surface area contributed by atoms with Crippen molar-refractivity contribution in [1.82, 2.24) is 24.6 Å². The van der Waals surface area contributed by atoms with Crippen LogP contribution in [-0.2, 0) is 14.3 Å². The number of nitrogens with one attached hydrogen (secondary N) is 1. The van der Waals surface area contributed by atoms with Crippen LogP contribution >= 0.6 is 11.6 Å². The monoisotopic (exact) mass is 547 g/mol. The van der Waals surface area contributed by atoms with Gasteiger partial charge in [-0.1, -0.05) is 30.7 Å². The summed E-state index contributed by atoms with van der Waals surface area (Å²) in [6.45, 7) is 3.21. The number of nitrogens with zero attached hydrogens (tertiary/aromatic N) is 5. The standard InChI is InChI=1S/C28H30ClN7O3/c1-16-5-8-23(18-7-6-17-10-19(29)12-31-21(17)11-18)35(15-16)28(38)27(37)34-22-14-32-26(30)20-13-33-36(25(20)22)24-4-2-3-9-39-24/h6-7,10-14,16,23-24H,2-5,8-9,15H2,1H3,(H2,30,32)(H,34,37)/t16-,23+,24?/m0/s1. The second-order valence-corrected chi connectivity index (χ2v) is 10.9. The van der Waals surface area contributed by atoms with Crippen LogP contribution in [0.3, 0.4) is 0 Å². The first-order valence-corrected chi connectivity index (χ1v) is 13.7. The third-order valence-electron chi connectivity index (χ3n) is 7.67. The number of nitrogens with two attached hydrogens (primary N) is 1. The summed E-state index contributed by atoms with van der Waals surface area (Å²) in [5.41, 5.74) is 8.82. The normalized spacial score (nSPS) is 21.8. The van der Waals surface area contributed by atoms with Crippen molar-refractivity contribution >= 4 is 56.7 Å². The van der Waals surface area contributed by atoms with E-state index in [0.717, 1.165) is 48.6 Å². The zero-order valence-electron chi connectivity index (χ0n) is 21.6. The number of nitrogen functional groups attached to an aromatic ring is 1. The number of pyridine rings is 2. The number of halogens is 1. The number of anilines is 2. The summed E-state index contributed by atoms with van der Waals surface area (Å²) < 4.78 is 7.65. The maximum absolute atomic E-state index is 13.7. The van der Waals surface area contributed by atoms with E-state index in [1.165, 1.54) is 6.20 Å². The fourth-order valence-electron chi connectivity index (χ4n) is 5.66. The van der Waals surface area contributed by atoms with Crippen LogP contribution in [0.15, 0.2) is 42.9 Å². The first kappa shape index (κ1) is 25.5. The molecule has 1 unspecified atom stereocenters. The summed E-state index contributed by atoms with van der Waals surface area (Å²) in [5.74, 6) is -0.761. The van der Waals surface area contributed by atoms with Gasteiger partial charge in [0.05, 0.1) is 40.0 Å². The molecule has 3 atom stereocenters. The molecule has 3 aromatic heterocycles. The number of aromatic nitrogens is 4. The number of benzene rings is 1. The number of carbonyl (C=O) groups is 2. The van der Waals surface area contributed by atoms with Crippen LogP contribution in [0.1, 0.15) is 56.9 Å². The molecule has 2 fully saturated rings. The predicted molar refractivity (Wildman–Crippen MR) is 149 cm³/mol. The van der Waals surface area contributed by atoms with Gasteiger partial charge in [0.1, 0.15) is 11.3 Å². The first-order valence-electron chi connectivity index (χ1n) is 13.3. The van der Waals surface area contributed by atoms with E-state index in [-0.39, 0.29) is 18.2 Å². The molecule has 2 amide bonds. The predicted octanol–water partition coefficient (Wildman–Crippen LogP) is 4.85. The molecule has 5 heterocycles. The minimum atomic E-state index is -0.732. The van der Waals surface area contributed by atoms with Crippen molar-refractivity contribution in [3.05, 3.63) is 53.4 Å². The quantitative estimate of drug-likeness (QED) is 0.351. The van der Waals surface area contributed by atoms with Crippen LogP contribution in [0.25, 0.3) is 21.8 Å². The molecule has 2 saturated heterocycles. The highest BCUT2D eigenvalue weighted by molar-refractivity contribution is 6.40. The maximum Gasteiger partial charge on any atom is 0.314 e. The van der Waals surface area contributed by atoms with Gasteiger partial charge in [0, 0.05) is 24.7 Å². The van der Waals surface area contributed by atoms with Crippen LogP contribution in [0.4, 0.5) is 11.5 Å². The van der Waals surface area contributed by atoms with Crippen LogP contribution < -0.4 is 11.1 Å². The second-order valence-electron chi connectivity index (χ2n) is 10.4. The summed E-state index contributed by atoms with van der Waals surface area (Å²) in [4.78, 5) is 37.4. The number of amides is 2. The largest absolute Gasteiger partial charge is 0.383 e. The molecule has 202 valence electrons. The van der Waals surface area contributed by atoms with E-state index in [2.05, 4.69) is 27.3 Å². The molecular formula is C28H30ClN7O3. The summed E-state index contributed by atoms with van der Waals surface area (Å²) in [5, 5.41) is 9.38. The molecule has 0 aliphatic carbocycles. The third-order valence-corrected chi connectivity index (χ3v) is 7.87. The molecule has 10 nitrogen and oxygen atoms in total. The SMILES string of the molecule is C[C@H]1CC[C@H](c2ccc3cc(Cl)cnc3c2)N(C(=O)C(=O)Nc2cnc(N)c3cnn(C4CCCCO4)c23)C1. The average molecular weight is 548 g/mol. The molecule has 6 rings (SSSR count). The van der Waals surface area contributed by atoms with E-state index >= 15 is 0 Å². The minimum absolute atomic E-state index is 0.243. The number of rotatable bonds is 3. The maximum atomic E-state index is 13.7. The van der Waals surface area contributed by atoms with Crippen molar-refractivity contribution in [1.29, 1.82) is 0 Å². The van der Waals surface area contributed by atoms with Gasteiger partial charge in [-0.25, -0.2) is 9.67 Å². The van der Waals surface area contributed by atoms with Gasteiger partial charge < -0.3 is 20.7 Å². The van der Waals surface area contributed by atoms with E-state index in [0.29, 0.717) is 40.6 Å². The van der Waals surface area contributed by atoms with Crippen LogP contribution in [0.2, 0.25) is 5.02 Å². The summed E-state index contributed by atoms with van der Waals surface area (Å²) in [6.07, 6.45) is 8.93. The fourth-order valence-corrected chi connectivity index (χ4v) is 5.82. The lowest BCUT2D eigenvalue weighted by Crippen LogP contribution is -2.46. The third kappa shape index (κ3) is 4.90. The minimum Gasteiger partial charge on any atom is -0.383 e. The van der Waals surface area contributed by atoms with Crippen molar-refractivity contribution in [2.75, 3.05) is 24.2 Å². The van der Waals surface area contributed by atoms with Crippen molar-refractivity contribution in [3.63, 3.8) is 0 Å². The van der Waals surface area contributed by atoms with E-state index in [4.69, 9.17) is 22.1 Å². The molecule has 2 aliphatic heterocycles. The Bertz CT molecular complexity index is 1570. The Balaban J connectivity index is 1.29. The fraction of sp³-hybridized carbons (Fsp3) is 0.393. The first-order chi connectivity index (χ1) is 18.9. The molecular weight excluding hydrogens is 518 g/mol. The Morgan fingerprint density at radius 3 is 2.79 bits per heavy atom. The Kier molecular flexibility index (Phi) is 6.82. The second kappa shape index (κ2) is 10.4. The lowest BCUT2D eigenvalue weighted by Gasteiger charge is -2.38. The highest BCUT2D eigenvalue weighted by Crippen LogP contribution is 2.36. The number of fused-ring (bicyclic) bond motifs is 2. The van der Waals surface area contributed by atoms with Gasteiger partial charge in [-0.05, 0) is 55.7 Å². The van der Waals surface area contributed by atoms with Gasteiger partial charge in [0.2, 0.25) is 0 Å². The summed E-state index contributed by atoms with van der Waals surface area (Å²) in [7, 11) is 0. The zero-order valence-corrected chi connectivity index (χ0v) is 22.4. The molecule has 0 saturated carbocycles. The molecule has 39 heavy (non-hydrogen) atoms. The van der Waals surface area contributed by atoms with E-state index < -0.39 is 11.8 Å². The highest BCUT2D eigenvalue weighted by atomic mass is 35.5. The van der Waals surface area contributed by atoms with Gasteiger partial charge in [-0.2, -0.15) is 5.10 Å². The van der Waals surface area contributed by atoms with Gasteiger partial charge >= 0.3 is 11.8 Å². The Morgan fingerprint density at radius 1 is 1.10 bits per heavy atom. The van der Waals surface area contributed by atoms with E-state index in [1.54, 1.807) is 22.0 Å². The smallest absolute Gasteiger partial charge is 0.314 e. The van der Waals surface area contributed by atoms with Crippen molar-refractivity contribution in [3.8, 4) is 0 Å². The molecule has 11 heteroatoms. The molecule has 0 spiro atoms. The molecule has 0 radical (unpaired) electrons. The number of carbonyl (C=O) groups excluding carboxylic acids is 2. The number of piperidine rings is 1. The van der Waals surface area contributed by atoms with Crippen LogP contribution in [0, 0.1) is 5.92 Å². The Labute approximate surface area is 230 Å². The Hall–Kier alpha value is -3.76. The van der Waals surface area contributed by atoms with Gasteiger partial charge in [0.15, 0.2) is 6.23 Å². The van der Waals surface area contributed by atoms with Gasteiger partial charge in [0.25, 0.3) is 0 Å². The zero-order chi connectivity index (χ0) is 27.1. The summed E-state index contributed by atoms with van der Waals surface area (Å²) in [6, 6.07) is 7.52. The Morgan fingerprint density at radius 2 is 1.97 bits per heavy atom. The lowest BCUT2D eigenvalue weighted by atomic mass is 9.89. The number of hydrogen-bond donors (Lipinski definition) is 2. The lowest BCUT2D eigenvalue weighted by molar-refractivity contribution is -0.146. The van der Waals surface area contributed by atoms with E-state index in [1.807, 2.05) is 24.3 Å². The number of hydrogen-bond acceptors (Lipinski definition) is 7. The molecule has 4 aromatic rings. The summed E-state index contributed by atoms with van der Waals surface area (Å²) >= 11 is 6.10. The average Bonchev–Trinajstić information content (AvgIpc) is 3.41. The van der Waals surface area contributed by atoms with Crippen molar-refractivity contribution < 1.29 is 14.3 Å². The topological polar surface area (TPSA) is 128 Å². The highest BCUT2D eigenvalue weighted by Gasteiger charge is 2.35. The van der Waals surface area contributed by atoms with Gasteiger partial charge in [-0.3, -0.25) is 14.6 Å². The molecule has 2 aliphatic rings. The number of ether oxygens (including phenoxy) is 1. The molecule has 3 N–H and O–H groups in total. The van der Waals surface area contributed by atoms with Crippen LogP contribution in [-0.4, -0.2) is 49.6 Å². The molecule has 0 bridgehead atoms. The van der Waals surface area contributed by atoms with E-state index in [9.17, 15) is 9.59 Å². The molecule has 1 aromatic carbocycles. The van der Waals surface area contributed by atoms with Gasteiger partial charge in [-0.15, -0.1) is 0 Å². The van der Waals surface area contributed by atoms with Crippen molar-refractivity contribution in [2.24, 2.45) is 5.92 Å². The van der Waals surface area contributed by atoms with Crippen molar-refractivity contribution in [2.45, 2.75) is 51.3 Å². The number of likely N-dealkylation sites (tertiary alicyclic amines) is 1. The van der Waals surface area contributed by atoms with Crippen LogP contribution in [0.5, 0.6) is 0 Å².